The van der Waals surface area contributed by atoms with Crippen molar-refractivity contribution in [3.05, 3.63) is 30.3 Å². The molecule has 0 radical (unpaired) electrons. The zero-order chi connectivity index (χ0) is 14.0. The number of aromatic nitrogens is 2. The number of nitrogens with two attached hydrogens (primary N) is 1. The summed E-state index contributed by atoms with van der Waals surface area (Å²) in [6, 6.07) is 4.71. The molecule has 0 saturated heterocycles. The zero-order valence-corrected chi connectivity index (χ0v) is 11.4. The van der Waals surface area contributed by atoms with Crippen LogP contribution in [0.1, 0.15) is 13.8 Å². The maximum Gasteiger partial charge on any atom is 0.165 e. The summed E-state index contributed by atoms with van der Waals surface area (Å²) >= 11 is 0. The number of hydrogen-bond acceptors (Lipinski definition) is 3. The molecule has 4 nitrogen and oxygen atoms in total. The van der Waals surface area contributed by atoms with Crippen LogP contribution < -0.4 is 10.5 Å². The first-order chi connectivity index (χ1) is 9.02. The van der Waals surface area contributed by atoms with E-state index in [0.717, 1.165) is 6.54 Å². The molecular formula is C14H18FN3O. The smallest absolute Gasteiger partial charge is 0.165 e. The van der Waals surface area contributed by atoms with Gasteiger partial charge in [-0.25, -0.2) is 9.37 Å². The predicted octanol–water partition coefficient (Wildman–Crippen LogP) is 2.94. The van der Waals surface area contributed by atoms with E-state index in [4.69, 9.17) is 10.5 Å². The molecule has 0 unspecified atom stereocenters. The average Bonchev–Trinajstić information content (AvgIpc) is 2.70. The van der Waals surface area contributed by atoms with Crippen molar-refractivity contribution in [1.29, 1.82) is 0 Å². The Morgan fingerprint density at radius 1 is 1.42 bits per heavy atom. The average molecular weight is 263 g/mol. The number of methoxy groups -OCH3 is 1. The van der Waals surface area contributed by atoms with Crippen LogP contribution in [0, 0.1) is 11.7 Å². The highest BCUT2D eigenvalue weighted by molar-refractivity contribution is 5.71. The molecule has 5 heteroatoms. The van der Waals surface area contributed by atoms with Gasteiger partial charge >= 0.3 is 0 Å². The summed E-state index contributed by atoms with van der Waals surface area (Å²) in [5.41, 5.74) is 7.30. The maximum absolute atomic E-state index is 13.7. The Hall–Kier alpha value is -2.04. The Morgan fingerprint density at radius 2 is 2.16 bits per heavy atom. The Balaban J connectivity index is 2.37. The van der Waals surface area contributed by atoms with Crippen molar-refractivity contribution in [3.63, 3.8) is 0 Å². The predicted molar refractivity (Wildman–Crippen MR) is 73.4 cm³/mol. The van der Waals surface area contributed by atoms with Crippen molar-refractivity contribution < 1.29 is 9.13 Å². The Morgan fingerprint density at radius 3 is 2.74 bits per heavy atom. The molecule has 2 N–H and O–H groups in total. The lowest BCUT2D eigenvalue weighted by Crippen LogP contribution is -2.06. The minimum atomic E-state index is -0.419. The Labute approximate surface area is 112 Å². The quantitative estimate of drug-likeness (QED) is 0.922. The number of halogens is 1. The normalized spacial score (nSPS) is 11.0. The number of nitrogen functional groups attached to an aromatic ring is 1. The summed E-state index contributed by atoms with van der Waals surface area (Å²) < 4.78 is 20.5. The van der Waals surface area contributed by atoms with Crippen LogP contribution in [0.4, 0.5) is 10.2 Å². The third kappa shape index (κ3) is 2.70. The van der Waals surface area contributed by atoms with Crippen molar-refractivity contribution in [3.8, 4) is 17.0 Å². The summed E-state index contributed by atoms with van der Waals surface area (Å²) in [6.45, 7) is 5.00. The third-order valence-corrected chi connectivity index (χ3v) is 2.87. The second-order valence-electron chi connectivity index (χ2n) is 4.87. The molecule has 0 aliphatic heterocycles. The third-order valence-electron chi connectivity index (χ3n) is 2.87. The first-order valence-electron chi connectivity index (χ1n) is 6.17. The maximum atomic E-state index is 13.7. The molecule has 2 aromatic rings. The van der Waals surface area contributed by atoms with E-state index in [0.29, 0.717) is 23.0 Å². The Kier molecular flexibility index (Phi) is 3.74. The number of imidazole rings is 1. The summed E-state index contributed by atoms with van der Waals surface area (Å²) in [6.07, 6.45) is 1.69. The lowest BCUT2D eigenvalue weighted by Gasteiger charge is -2.08. The largest absolute Gasteiger partial charge is 0.494 e. The number of hydrogen-bond donors (Lipinski definition) is 1. The van der Waals surface area contributed by atoms with Crippen molar-refractivity contribution in [2.75, 3.05) is 12.8 Å². The summed E-state index contributed by atoms with van der Waals surface area (Å²) in [5.74, 6) is 0.817. The van der Waals surface area contributed by atoms with E-state index in [1.54, 1.807) is 18.5 Å². The minimum Gasteiger partial charge on any atom is -0.494 e. The topological polar surface area (TPSA) is 53.1 Å². The lowest BCUT2D eigenvalue weighted by molar-refractivity contribution is 0.386. The molecule has 0 bridgehead atoms. The van der Waals surface area contributed by atoms with E-state index in [1.807, 2.05) is 4.57 Å². The number of ether oxygens (including phenoxy) is 1. The molecule has 0 atom stereocenters. The van der Waals surface area contributed by atoms with Crippen LogP contribution in [-0.2, 0) is 6.54 Å². The minimum absolute atomic E-state index is 0.212. The fourth-order valence-corrected chi connectivity index (χ4v) is 1.97. The van der Waals surface area contributed by atoms with Gasteiger partial charge in [0.2, 0.25) is 0 Å². The van der Waals surface area contributed by atoms with Crippen LogP contribution in [0.3, 0.4) is 0 Å². The van der Waals surface area contributed by atoms with Crippen molar-refractivity contribution >= 4 is 5.82 Å². The number of nitrogens with zero attached hydrogens (tertiary/aromatic N) is 2. The highest BCUT2D eigenvalue weighted by Crippen LogP contribution is 2.28. The first-order valence-corrected chi connectivity index (χ1v) is 6.17. The molecule has 0 spiro atoms. The summed E-state index contributed by atoms with van der Waals surface area (Å²) in [7, 11) is 1.43. The van der Waals surface area contributed by atoms with Crippen LogP contribution in [0.2, 0.25) is 0 Å². The standard InChI is InChI=1S/C14H18FN3O/c1-9(2)7-18-8-17-13(14(18)16)10-4-5-12(19-3)11(15)6-10/h4-6,8-9H,7,16H2,1-3H3. The van der Waals surface area contributed by atoms with Crippen LogP contribution in [-0.4, -0.2) is 16.7 Å². The van der Waals surface area contributed by atoms with E-state index in [1.165, 1.54) is 13.2 Å². The molecule has 0 fully saturated rings. The lowest BCUT2D eigenvalue weighted by atomic mass is 10.1. The Bertz CT molecular complexity index is 578. The number of anilines is 1. The van der Waals surface area contributed by atoms with E-state index in [2.05, 4.69) is 18.8 Å². The number of rotatable bonds is 4. The van der Waals surface area contributed by atoms with Crippen LogP contribution in [0.5, 0.6) is 5.75 Å². The first kappa shape index (κ1) is 13.4. The van der Waals surface area contributed by atoms with Crippen LogP contribution in [0.15, 0.2) is 24.5 Å². The van der Waals surface area contributed by atoms with Crippen LogP contribution >= 0.6 is 0 Å². The van der Waals surface area contributed by atoms with Crippen LogP contribution in [0.25, 0.3) is 11.3 Å². The van der Waals surface area contributed by atoms with E-state index < -0.39 is 5.82 Å². The van der Waals surface area contributed by atoms with Gasteiger partial charge in [0.25, 0.3) is 0 Å². The SMILES string of the molecule is COc1ccc(-c2ncn(CC(C)C)c2N)cc1F. The highest BCUT2D eigenvalue weighted by atomic mass is 19.1. The van der Waals surface area contributed by atoms with Gasteiger partial charge in [-0.05, 0) is 24.1 Å². The second kappa shape index (κ2) is 5.30. The van der Waals surface area contributed by atoms with Gasteiger partial charge in [-0.3, -0.25) is 0 Å². The highest BCUT2D eigenvalue weighted by Gasteiger charge is 2.13. The number of benzene rings is 1. The molecule has 0 aliphatic rings. The van der Waals surface area contributed by atoms with Gasteiger partial charge in [0.05, 0.1) is 13.4 Å². The van der Waals surface area contributed by atoms with E-state index >= 15 is 0 Å². The van der Waals surface area contributed by atoms with Crippen molar-refractivity contribution in [2.45, 2.75) is 20.4 Å². The van der Waals surface area contributed by atoms with Crippen molar-refractivity contribution in [1.82, 2.24) is 9.55 Å². The van der Waals surface area contributed by atoms with Gasteiger partial charge in [0.15, 0.2) is 11.6 Å². The van der Waals surface area contributed by atoms with Gasteiger partial charge < -0.3 is 15.0 Å². The molecule has 0 aliphatic carbocycles. The molecular weight excluding hydrogens is 245 g/mol. The van der Waals surface area contributed by atoms with Gasteiger partial charge in [0.1, 0.15) is 11.5 Å². The fraction of sp³-hybridized carbons (Fsp3) is 0.357. The van der Waals surface area contributed by atoms with Gasteiger partial charge in [-0.1, -0.05) is 13.8 Å². The summed E-state index contributed by atoms with van der Waals surface area (Å²) in [4.78, 5) is 4.27. The molecule has 2 rings (SSSR count). The second-order valence-corrected chi connectivity index (χ2v) is 4.87. The van der Waals surface area contributed by atoms with Gasteiger partial charge in [0, 0.05) is 12.1 Å². The molecule has 1 heterocycles. The van der Waals surface area contributed by atoms with E-state index in [-0.39, 0.29) is 5.75 Å². The van der Waals surface area contributed by atoms with E-state index in [9.17, 15) is 4.39 Å². The summed E-state index contributed by atoms with van der Waals surface area (Å²) in [5, 5.41) is 0. The monoisotopic (exact) mass is 263 g/mol. The fourth-order valence-electron chi connectivity index (χ4n) is 1.97. The molecule has 1 aromatic carbocycles. The molecule has 102 valence electrons. The molecule has 0 saturated carbocycles. The van der Waals surface area contributed by atoms with Crippen molar-refractivity contribution in [2.24, 2.45) is 5.92 Å². The van der Waals surface area contributed by atoms with Gasteiger partial charge in [-0.2, -0.15) is 0 Å². The molecule has 1 aromatic heterocycles. The zero-order valence-electron chi connectivity index (χ0n) is 11.4. The van der Waals surface area contributed by atoms with Gasteiger partial charge in [-0.15, -0.1) is 0 Å². The molecule has 19 heavy (non-hydrogen) atoms. The molecule has 0 amide bonds.